The Morgan fingerprint density at radius 1 is 1.30 bits per heavy atom. The number of nitrogens with zero attached hydrogens (tertiary/aromatic N) is 5. The van der Waals surface area contributed by atoms with E-state index < -0.39 is 0 Å². The van der Waals surface area contributed by atoms with Gasteiger partial charge in [-0.2, -0.15) is 5.10 Å². The van der Waals surface area contributed by atoms with Crippen molar-refractivity contribution in [3.63, 3.8) is 0 Å². The summed E-state index contributed by atoms with van der Waals surface area (Å²) in [6.45, 7) is 3.68. The van der Waals surface area contributed by atoms with Gasteiger partial charge in [0.1, 0.15) is 0 Å². The highest BCUT2D eigenvalue weighted by molar-refractivity contribution is 5.74. The van der Waals surface area contributed by atoms with Crippen LogP contribution in [0.1, 0.15) is 49.3 Å². The minimum Gasteiger partial charge on any atom is -0.360 e. The molecule has 146 valence electrons. The summed E-state index contributed by atoms with van der Waals surface area (Å²) in [4.78, 5) is 16.7. The van der Waals surface area contributed by atoms with E-state index >= 15 is 0 Å². The van der Waals surface area contributed by atoms with Gasteiger partial charge < -0.3 is 14.7 Å². The maximum absolute atomic E-state index is 12.6. The van der Waals surface area contributed by atoms with E-state index in [4.69, 9.17) is 9.62 Å². The fourth-order valence-electron chi connectivity index (χ4n) is 4.03. The molecule has 1 aliphatic carbocycles. The second-order valence-electron chi connectivity index (χ2n) is 7.71. The molecule has 2 aromatic heterocycles. The standard InChI is InChI=1S/C19H28N6O2/c1-23(14-18-7-8-20-27-18)12-16-11-17-13-24(9-4-10-25(17)22-16)19(26)21-15-5-2-3-6-15/h7-8,11,15H,2-6,9-10,12-14H2,1H3,(H,21,26). The van der Waals surface area contributed by atoms with E-state index in [1.807, 2.05) is 18.0 Å². The van der Waals surface area contributed by atoms with Gasteiger partial charge in [-0.15, -0.1) is 0 Å². The average molecular weight is 372 g/mol. The molecule has 0 atom stereocenters. The third kappa shape index (κ3) is 4.50. The summed E-state index contributed by atoms with van der Waals surface area (Å²) in [7, 11) is 2.04. The summed E-state index contributed by atoms with van der Waals surface area (Å²) in [6, 6.07) is 4.42. The van der Waals surface area contributed by atoms with Crippen LogP contribution in [0.5, 0.6) is 0 Å². The van der Waals surface area contributed by atoms with Crippen molar-refractivity contribution in [3.8, 4) is 0 Å². The van der Waals surface area contributed by atoms with Crippen molar-refractivity contribution in [1.29, 1.82) is 0 Å². The number of carbonyl (C=O) groups is 1. The molecule has 8 heteroatoms. The Kier molecular flexibility index (Phi) is 5.42. The largest absolute Gasteiger partial charge is 0.360 e. The summed E-state index contributed by atoms with van der Waals surface area (Å²) in [5, 5.41) is 11.7. The lowest BCUT2D eigenvalue weighted by Crippen LogP contribution is -2.43. The molecule has 0 spiro atoms. The van der Waals surface area contributed by atoms with E-state index in [1.165, 1.54) is 12.8 Å². The molecule has 0 aromatic carbocycles. The number of aromatic nitrogens is 3. The molecule has 1 fully saturated rings. The van der Waals surface area contributed by atoms with Crippen LogP contribution in [0.2, 0.25) is 0 Å². The Balaban J connectivity index is 1.36. The van der Waals surface area contributed by atoms with Crippen molar-refractivity contribution in [2.75, 3.05) is 13.6 Å². The molecule has 0 bridgehead atoms. The number of aryl methyl sites for hydroxylation is 1. The second kappa shape index (κ2) is 8.12. The predicted octanol–water partition coefficient (Wildman–Crippen LogP) is 2.36. The first kappa shape index (κ1) is 18.0. The lowest BCUT2D eigenvalue weighted by atomic mass is 10.2. The van der Waals surface area contributed by atoms with Crippen LogP contribution in [0.4, 0.5) is 4.79 Å². The van der Waals surface area contributed by atoms with Crippen molar-refractivity contribution in [1.82, 2.24) is 30.1 Å². The lowest BCUT2D eigenvalue weighted by Gasteiger charge is -2.23. The van der Waals surface area contributed by atoms with Gasteiger partial charge in [-0.1, -0.05) is 18.0 Å². The molecule has 8 nitrogen and oxygen atoms in total. The van der Waals surface area contributed by atoms with E-state index in [-0.39, 0.29) is 6.03 Å². The summed E-state index contributed by atoms with van der Waals surface area (Å²) in [5.74, 6) is 0.841. The average Bonchev–Trinajstić information content (AvgIpc) is 3.36. The highest BCUT2D eigenvalue weighted by atomic mass is 16.5. The van der Waals surface area contributed by atoms with Crippen LogP contribution in [0, 0.1) is 0 Å². The number of hydrogen-bond acceptors (Lipinski definition) is 5. The molecule has 2 amide bonds. The number of urea groups is 1. The number of fused-ring (bicyclic) bond motifs is 1. The summed E-state index contributed by atoms with van der Waals surface area (Å²) < 4.78 is 7.22. The van der Waals surface area contributed by atoms with E-state index in [9.17, 15) is 4.79 Å². The SMILES string of the molecule is CN(Cc1cc2n(n1)CCCN(C(=O)NC1CCCC1)C2)Cc1ccno1. The first-order chi connectivity index (χ1) is 13.2. The van der Waals surface area contributed by atoms with Crippen LogP contribution in [0.3, 0.4) is 0 Å². The molecule has 0 unspecified atom stereocenters. The van der Waals surface area contributed by atoms with Gasteiger partial charge in [0, 0.05) is 31.7 Å². The third-order valence-corrected chi connectivity index (χ3v) is 5.38. The highest BCUT2D eigenvalue weighted by Crippen LogP contribution is 2.19. The normalized spacial score (nSPS) is 17.9. The van der Waals surface area contributed by atoms with Gasteiger partial charge in [-0.3, -0.25) is 9.58 Å². The molecular weight excluding hydrogens is 344 g/mol. The number of hydrogen-bond donors (Lipinski definition) is 1. The van der Waals surface area contributed by atoms with E-state index in [1.54, 1.807) is 6.20 Å². The second-order valence-corrected chi connectivity index (χ2v) is 7.71. The zero-order chi connectivity index (χ0) is 18.6. The fourth-order valence-corrected chi connectivity index (χ4v) is 4.03. The first-order valence-corrected chi connectivity index (χ1v) is 9.86. The third-order valence-electron chi connectivity index (χ3n) is 5.38. The van der Waals surface area contributed by atoms with Crippen molar-refractivity contribution in [2.24, 2.45) is 0 Å². The lowest BCUT2D eigenvalue weighted by molar-refractivity contribution is 0.192. The van der Waals surface area contributed by atoms with Gasteiger partial charge in [-0.25, -0.2) is 4.79 Å². The molecule has 2 aliphatic rings. The zero-order valence-corrected chi connectivity index (χ0v) is 15.9. The summed E-state index contributed by atoms with van der Waals surface area (Å²) in [6.07, 6.45) is 7.26. The van der Waals surface area contributed by atoms with Crippen LogP contribution in [-0.2, 0) is 26.2 Å². The Hall–Kier alpha value is -2.35. The molecule has 0 radical (unpaired) electrons. The van der Waals surface area contributed by atoms with Gasteiger partial charge >= 0.3 is 6.03 Å². The summed E-state index contributed by atoms with van der Waals surface area (Å²) >= 11 is 0. The minimum absolute atomic E-state index is 0.0699. The van der Waals surface area contributed by atoms with Gasteiger partial charge in [0.15, 0.2) is 5.76 Å². The van der Waals surface area contributed by atoms with E-state index in [2.05, 4.69) is 26.1 Å². The number of carbonyl (C=O) groups excluding carboxylic acids is 1. The van der Waals surface area contributed by atoms with Crippen LogP contribution in [-0.4, -0.2) is 50.4 Å². The number of nitrogens with one attached hydrogen (secondary N) is 1. The Morgan fingerprint density at radius 2 is 2.15 bits per heavy atom. The Bertz CT molecular complexity index is 750. The van der Waals surface area contributed by atoms with Gasteiger partial charge in [-0.05, 0) is 32.4 Å². The maximum atomic E-state index is 12.6. The molecule has 1 saturated carbocycles. The van der Waals surface area contributed by atoms with Gasteiger partial charge in [0.05, 0.1) is 30.7 Å². The molecule has 2 aromatic rings. The van der Waals surface area contributed by atoms with Crippen molar-refractivity contribution >= 4 is 6.03 Å². The molecule has 27 heavy (non-hydrogen) atoms. The van der Waals surface area contributed by atoms with Crippen LogP contribution >= 0.6 is 0 Å². The highest BCUT2D eigenvalue weighted by Gasteiger charge is 2.24. The van der Waals surface area contributed by atoms with Crippen LogP contribution in [0.25, 0.3) is 0 Å². The minimum atomic E-state index is 0.0699. The molecule has 0 saturated heterocycles. The van der Waals surface area contributed by atoms with Crippen molar-refractivity contribution in [3.05, 3.63) is 35.5 Å². The smallest absolute Gasteiger partial charge is 0.317 e. The van der Waals surface area contributed by atoms with Crippen molar-refractivity contribution in [2.45, 2.75) is 64.3 Å². The van der Waals surface area contributed by atoms with Crippen molar-refractivity contribution < 1.29 is 9.32 Å². The zero-order valence-electron chi connectivity index (χ0n) is 15.9. The first-order valence-electron chi connectivity index (χ1n) is 9.86. The van der Waals surface area contributed by atoms with E-state index in [0.29, 0.717) is 19.1 Å². The molecule has 1 N–H and O–H groups in total. The maximum Gasteiger partial charge on any atom is 0.317 e. The topological polar surface area (TPSA) is 79.4 Å². The molecular formula is C19H28N6O2. The fraction of sp³-hybridized carbons (Fsp3) is 0.632. The molecule has 1 aliphatic heterocycles. The quantitative estimate of drug-likeness (QED) is 0.872. The van der Waals surface area contributed by atoms with Crippen LogP contribution < -0.4 is 5.32 Å². The predicted molar refractivity (Wildman–Crippen MR) is 99.7 cm³/mol. The monoisotopic (exact) mass is 372 g/mol. The van der Waals surface area contributed by atoms with Crippen LogP contribution in [0.15, 0.2) is 22.9 Å². The Morgan fingerprint density at radius 3 is 2.93 bits per heavy atom. The molecule has 3 heterocycles. The van der Waals surface area contributed by atoms with Gasteiger partial charge in [0.2, 0.25) is 0 Å². The van der Waals surface area contributed by atoms with Gasteiger partial charge in [0.25, 0.3) is 0 Å². The van der Waals surface area contributed by atoms with E-state index in [0.717, 1.165) is 56.0 Å². The number of rotatable bonds is 5. The molecule has 4 rings (SSSR count). The Labute approximate surface area is 159 Å². The number of amides is 2. The summed E-state index contributed by atoms with van der Waals surface area (Å²) in [5.41, 5.74) is 2.13.